The molecule has 2 aromatic heterocycles. The van der Waals surface area contributed by atoms with Gasteiger partial charge in [0.15, 0.2) is 5.13 Å². The van der Waals surface area contributed by atoms with Gasteiger partial charge in [-0.1, -0.05) is 29.5 Å². The average Bonchev–Trinajstić information content (AvgIpc) is 3.17. The number of urea groups is 1. The van der Waals surface area contributed by atoms with Gasteiger partial charge in [0.2, 0.25) is 0 Å². The number of carbonyl (C=O) groups excluding carboxylic acids is 2. The minimum absolute atomic E-state index is 0.161. The molecule has 1 aliphatic rings. The molecule has 3 heterocycles. The van der Waals surface area contributed by atoms with E-state index in [0.717, 1.165) is 17.5 Å². The summed E-state index contributed by atoms with van der Waals surface area (Å²) in [5, 5.41) is 3.39. The normalized spacial score (nSPS) is 14.1. The number of thiazole rings is 1. The van der Waals surface area contributed by atoms with Crippen molar-refractivity contribution < 1.29 is 14.0 Å². The third-order valence-corrected chi connectivity index (χ3v) is 6.18. The highest BCUT2D eigenvalue weighted by Gasteiger charge is 2.30. The van der Waals surface area contributed by atoms with Crippen molar-refractivity contribution in [1.82, 2.24) is 20.2 Å². The van der Waals surface area contributed by atoms with Crippen LogP contribution in [0.5, 0.6) is 0 Å². The SMILES string of the molecule is Cc1nc(N2CCCN(Cc3ccc(F)cc3)C2=O)sc1C(=O)NCc1cccnc1. The number of pyridine rings is 1. The predicted octanol–water partition coefficient (Wildman–Crippen LogP) is 3.75. The van der Waals surface area contributed by atoms with Gasteiger partial charge in [-0.3, -0.25) is 14.7 Å². The second kappa shape index (κ2) is 9.22. The lowest BCUT2D eigenvalue weighted by Crippen LogP contribution is -2.49. The van der Waals surface area contributed by atoms with Gasteiger partial charge in [-0.25, -0.2) is 14.2 Å². The Bertz CT molecular complexity index is 1070. The smallest absolute Gasteiger partial charge is 0.326 e. The van der Waals surface area contributed by atoms with Crippen LogP contribution >= 0.6 is 11.3 Å². The summed E-state index contributed by atoms with van der Waals surface area (Å²) in [6.45, 7) is 3.70. The van der Waals surface area contributed by atoms with Crippen LogP contribution < -0.4 is 10.2 Å². The summed E-state index contributed by atoms with van der Waals surface area (Å²) < 4.78 is 13.2. The minimum Gasteiger partial charge on any atom is -0.347 e. The Kier molecular flexibility index (Phi) is 6.22. The van der Waals surface area contributed by atoms with Crippen molar-refractivity contribution in [3.05, 3.63) is 76.3 Å². The van der Waals surface area contributed by atoms with Gasteiger partial charge in [-0.05, 0) is 42.7 Å². The Labute approximate surface area is 183 Å². The van der Waals surface area contributed by atoms with E-state index in [2.05, 4.69) is 15.3 Å². The van der Waals surface area contributed by atoms with Crippen molar-refractivity contribution >= 4 is 28.4 Å². The topological polar surface area (TPSA) is 78.4 Å². The molecule has 0 bridgehead atoms. The summed E-state index contributed by atoms with van der Waals surface area (Å²) in [5.41, 5.74) is 2.36. The van der Waals surface area contributed by atoms with Crippen LogP contribution in [0.3, 0.4) is 0 Å². The van der Waals surface area contributed by atoms with Crippen molar-refractivity contribution in [2.24, 2.45) is 0 Å². The van der Waals surface area contributed by atoms with Gasteiger partial charge in [0.25, 0.3) is 5.91 Å². The largest absolute Gasteiger partial charge is 0.347 e. The molecule has 0 aliphatic carbocycles. The summed E-state index contributed by atoms with van der Waals surface area (Å²) in [4.78, 5) is 38.0. The Hall–Kier alpha value is -3.33. The van der Waals surface area contributed by atoms with Crippen LogP contribution in [-0.2, 0) is 13.1 Å². The number of halogens is 1. The van der Waals surface area contributed by atoms with Crippen LogP contribution in [0.4, 0.5) is 14.3 Å². The van der Waals surface area contributed by atoms with E-state index in [9.17, 15) is 14.0 Å². The number of hydrogen-bond acceptors (Lipinski definition) is 5. The molecule has 9 heteroatoms. The van der Waals surface area contributed by atoms with Crippen molar-refractivity contribution in [3.8, 4) is 0 Å². The molecule has 1 saturated heterocycles. The quantitative estimate of drug-likeness (QED) is 0.635. The van der Waals surface area contributed by atoms with Crippen LogP contribution in [0.1, 0.15) is 32.9 Å². The monoisotopic (exact) mass is 439 g/mol. The number of nitrogens with one attached hydrogen (secondary N) is 1. The Morgan fingerprint density at radius 1 is 1.19 bits per heavy atom. The number of amides is 3. The Balaban J connectivity index is 1.44. The number of benzene rings is 1. The van der Waals surface area contributed by atoms with E-state index in [4.69, 9.17) is 0 Å². The molecule has 7 nitrogen and oxygen atoms in total. The van der Waals surface area contributed by atoms with Gasteiger partial charge in [0, 0.05) is 38.6 Å². The first-order chi connectivity index (χ1) is 15.0. The van der Waals surface area contributed by atoms with E-state index in [0.29, 0.717) is 41.9 Å². The summed E-state index contributed by atoms with van der Waals surface area (Å²) in [6.07, 6.45) is 4.17. The minimum atomic E-state index is -0.303. The molecule has 0 spiro atoms. The molecule has 0 unspecified atom stereocenters. The third kappa shape index (κ3) is 4.88. The number of nitrogens with zero attached hydrogens (tertiary/aromatic N) is 4. The summed E-state index contributed by atoms with van der Waals surface area (Å²) in [5.74, 6) is -0.527. The van der Waals surface area contributed by atoms with E-state index < -0.39 is 0 Å². The molecule has 160 valence electrons. The highest BCUT2D eigenvalue weighted by atomic mass is 32.1. The zero-order valence-corrected chi connectivity index (χ0v) is 17.9. The molecular formula is C22H22FN5O2S. The van der Waals surface area contributed by atoms with Crippen LogP contribution in [0.25, 0.3) is 0 Å². The number of carbonyl (C=O) groups is 2. The first-order valence-electron chi connectivity index (χ1n) is 9.96. The van der Waals surface area contributed by atoms with Crippen LogP contribution in [-0.4, -0.2) is 39.9 Å². The Morgan fingerprint density at radius 2 is 2.00 bits per heavy atom. The van der Waals surface area contributed by atoms with Crippen LogP contribution in [0.2, 0.25) is 0 Å². The fourth-order valence-electron chi connectivity index (χ4n) is 3.39. The van der Waals surface area contributed by atoms with Gasteiger partial charge in [-0.15, -0.1) is 0 Å². The first kappa shape index (κ1) is 20.9. The maximum Gasteiger partial charge on any atom is 0.326 e. The standard InChI is InChI=1S/C22H22FN5O2S/c1-15-19(20(29)25-13-17-4-2-9-24-12-17)31-21(26-15)28-11-3-10-27(22(28)30)14-16-5-7-18(23)8-6-16/h2,4-9,12H,3,10-11,13-14H2,1H3,(H,25,29). The van der Waals surface area contributed by atoms with E-state index in [1.54, 1.807) is 41.2 Å². The van der Waals surface area contributed by atoms with Crippen molar-refractivity contribution in [2.75, 3.05) is 18.0 Å². The van der Waals surface area contributed by atoms with Gasteiger partial charge in [0.1, 0.15) is 10.7 Å². The highest BCUT2D eigenvalue weighted by Crippen LogP contribution is 2.29. The third-order valence-electron chi connectivity index (χ3n) is 5.00. The highest BCUT2D eigenvalue weighted by molar-refractivity contribution is 7.17. The average molecular weight is 440 g/mol. The lowest BCUT2D eigenvalue weighted by atomic mass is 10.2. The van der Waals surface area contributed by atoms with Crippen molar-refractivity contribution in [3.63, 3.8) is 0 Å². The Morgan fingerprint density at radius 3 is 2.74 bits per heavy atom. The van der Waals surface area contributed by atoms with Gasteiger partial charge < -0.3 is 10.2 Å². The molecule has 0 atom stereocenters. The lowest BCUT2D eigenvalue weighted by Gasteiger charge is -2.34. The summed E-state index contributed by atoms with van der Waals surface area (Å²) >= 11 is 1.21. The fraction of sp³-hybridized carbons (Fsp3) is 0.273. The predicted molar refractivity (Wildman–Crippen MR) is 116 cm³/mol. The second-order valence-corrected chi connectivity index (χ2v) is 8.27. The van der Waals surface area contributed by atoms with Crippen molar-refractivity contribution in [2.45, 2.75) is 26.4 Å². The lowest BCUT2D eigenvalue weighted by molar-refractivity contribution is 0.0954. The van der Waals surface area contributed by atoms with Crippen LogP contribution in [0.15, 0.2) is 48.8 Å². The molecule has 1 aliphatic heterocycles. The molecule has 3 aromatic rings. The van der Waals surface area contributed by atoms with E-state index in [-0.39, 0.29) is 17.8 Å². The maximum absolute atomic E-state index is 13.2. The maximum atomic E-state index is 13.2. The van der Waals surface area contributed by atoms with Gasteiger partial charge >= 0.3 is 6.03 Å². The molecule has 1 aromatic carbocycles. The van der Waals surface area contributed by atoms with E-state index >= 15 is 0 Å². The number of aryl methyl sites for hydroxylation is 1. The molecule has 3 amide bonds. The molecule has 31 heavy (non-hydrogen) atoms. The number of anilines is 1. The summed E-state index contributed by atoms with van der Waals surface area (Å²) in [6, 6.07) is 9.69. The first-order valence-corrected chi connectivity index (χ1v) is 10.8. The zero-order chi connectivity index (χ0) is 21.8. The fourth-order valence-corrected chi connectivity index (χ4v) is 4.39. The molecule has 1 N–H and O–H groups in total. The van der Waals surface area contributed by atoms with E-state index in [1.165, 1.54) is 23.5 Å². The molecule has 0 saturated carbocycles. The summed E-state index contributed by atoms with van der Waals surface area (Å²) in [7, 11) is 0. The van der Waals surface area contributed by atoms with Crippen LogP contribution in [0, 0.1) is 12.7 Å². The van der Waals surface area contributed by atoms with E-state index in [1.807, 2.05) is 12.1 Å². The molecule has 4 rings (SSSR count). The van der Waals surface area contributed by atoms with Crippen molar-refractivity contribution in [1.29, 1.82) is 0 Å². The zero-order valence-electron chi connectivity index (χ0n) is 17.0. The second-order valence-electron chi connectivity index (χ2n) is 7.29. The number of hydrogen-bond donors (Lipinski definition) is 1. The molecule has 0 radical (unpaired) electrons. The molecule has 1 fully saturated rings. The molecular weight excluding hydrogens is 417 g/mol. The van der Waals surface area contributed by atoms with Gasteiger partial charge in [0.05, 0.1) is 5.69 Å². The number of aromatic nitrogens is 2. The van der Waals surface area contributed by atoms with Gasteiger partial charge in [-0.2, -0.15) is 0 Å². The number of rotatable bonds is 6.